The average Bonchev–Trinajstić information content (AvgIpc) is 2.91. The number of nitrogens with zero attached hydrogens (tertiary/aromatic N) is 3. The van der Waals surface area contributed by atoms with E-state index in [4.69, 9.17) is 0 Å². The molecule has 0 bridgehead atoms. The average molecular weight is 314 g/mol. The molecule has 0 fully saturated rings. The minimum atomic E-state index is -0.467. The Kier molecular flexibility index (Phi) is 5.24. The lowest BCUT2D eigenvalue weighted by Crippen LogP contribution is -2.20. The van der Waals surface area contributed by atoms with Crippen LogP contribution < -0.4 is 5.32 Å². The van der Waals surface area contributed by atoms with Gasteiger partial charge in [-0.2, -0.15) is 5.10 Å². The number of hydrogen-bond donors (Lipinski definition) is 1. The van der Waals surface area contributed by atoms with Crippen molar-refractivity contribution >= 4 is 17.7 Å². The van der Waals surface area contributed by atoms with Gasteiger partial charge in [0, 0.05) is 43.1 Å². The summed E-state index contributed by atoms with van der Waals surface area (Å²) in [5.74, 6) is -0.264. The summed E-state index contributed by atoms with van der Waals surface area (Å²) in [7, 11) is 0. The van der Waals surface area contributed by atoms with Crippen molar-refractivity contribution in [3.05, 3.63) is 63.5 Å². The molecule has 0 unspecified atom stereocenters. The summed E-state index contributed by atoms with van der Waals surface area (Å²) in [6.45, 7) is 5.06. The molecular weight excluding hydrogens is 296 g/mol. The molecule has 1 heterocycles. The van der Waals surface area contributed by atoms with Crippen molar-refractivity contribution in [3.63, 3.8) is 0 Å². The number of aryl methyl sites for hydroxylation is 2. The Hall–Kier alpha value is -2.96. The zero-order valence-electron chi connectivity index (χ0n) is 13.0. The van der Waals surface area contributed by atoms with E-state index in [1.165, 1.54) is 18.2 Å². The largest absolute Gasteiger partial charge is 0.348 e. The van der Waals surface area contributed by atoms with Gasteiger partial charge in [0.25, 0.3) is 5.69 Å². The molecule has 23 heavy (non-hydrogen) atoms. The van der Waals surface area contributed by atoms with Gasteiger partial charge < -0.3 is 5.32 Å². The number of nitrogens with one attached hydrogen (secondary N) is 1. The first-order valence-corrected chi connectivity index (χ1v) is 7.23. The normalized spacial score (nSPS) is 10.9. The van der Waals surface area contributed by atoms with Gasteiger partial charge in [-0.05, 0) is 25.5 Å². The van der Waals surface area contributed by atoms with Crippen LogP contribution in [0.3, 0.4) is 0 Å². The highest BCUT2D eigenvalue weighted by Crippen LogP contribution is 2.14. The first-order valence-electron chi connectivity index (χ1n) is 7.23. The van der Waals surface area contributed by atoms with Crippen LogP contribution in [0.4, 0.5) is 5.69 Å². The molecule has 0 radical (unpaired) electrons. The van der Waals surface area contributed by atoms with Crippen molar-refractivity contribution < 1.29 is 9.72 Å². The molecule has 2 rings (SSSR count). The van der Waals surface area contributed by atoms with E-state index in [-0.39, 0.29) is 11.6 Å². The Bertz CT molecular complexity index is 750. The summed E-state index contributed by atoms with van der Waals surface area (Å²) in [5.41, 5.74) is 2.44. The highest BCUT2D eigenvalue weighted by molar-refractivity contribution is 5.91. The van der Waals surface area contributed by atoms with Crippen molar-refractivity contribution in [1.29, 1.82) is 0 Å². The fourth-order valence-corrected chi connectivity index (χ4v) is 2.05. The van der Waals surface area contributed by atoms with Gasteiger partial charge in [0.1, 0.15) is 0 Å². The molecule has 1 aromatic heterocycles. The number of carbonyl (C=O) groups is 1. The summed E-state index contributed by atoms with van der Waals surface area (Å²) in [6, 6.07) is 6.11. The van der Waals surface area contributed by atoms with Crippen molar-refractivity contribution in [1.82, 2.24) is 15.1 Å². The van der Waals surface area contributed by atoms with Crippen LogP contribution >= 0.6 is 0 Å². The number of benzene rings is 1. The fourth-order valence-electron chi connectivity index (χ4n) is 2.05. The first kappa shape index (κ1) is 16.4. The smallest absolute Gasteiger partial charge is 0.270 e. The van der Waals surface area contributed by atoms with Gasteiger partial charge in [-0.1, -0.05) is 12.1 Å². The number of non-ortho nitro benzene ring substituents is 1. The molecule has 0 saturated carbocycles. The topological polar surface area (TPSA) is 90.1 Å². The predicted octanol–water partition coefficient (Wildman–Crippen LogP) is 2.45. The Labute approximate surface area is 133 Å². The van der Waals surface area contributed by atoms with E-state index in [0.29, 0.717) is 12.1 Å². The lowest BCUT2D eigenvalue weighted by molar-refractivity contribution is -0.384. The van der Waals surface area contributed by atoms with E-state index in [0.717, 1.165) is 17.8 Å². The van der Waals surface area contributed by atoms with E-state index < -0.39 is 4.92 Å². The Morgan fingerprint density at radius 3 is 2.91 bits per heavy atom. The Balaban J connectivity index is 1.95. The third-order valence-electron chi connectivity index (χ3n) is 3.33. The van der Waals surface area contributed by atoms with Crippen LogP contribution in [0.15, 0.2) is 36.5 Å². The summed E-state index contributed by atoms with van der Waals surface area (Å²) < 4.78 is 1.82. The predicted molar refractivity (Wildman–Crippen MR) is 86.6 cm³/mol. The second-order valence-electron chi connectivity index (χ2n) is 5.00. The summed E-state index contributed by atoms with van der Waals surface area (Å²) in [6.07, 6.45) is 4.81. The standard InChI is InChI=1S/C16H18N4O3/c1-3-19-11-14(12(2)18-19)10-17-16(21)8-7-13-5-4-6-15(9-13)20(22)23/h4-9,11H,3,10H2,1-2H3,(H,17,21)/b8-7+. The number of hydrogen-bond acceptors (Lipinski definition) is 4. The maximum atomic E-state index is 11.8. The molecule has 0 spiro atoms. The molecule has 0 aliphatic heterocycles. The van der Waals surface area contributed by atoms with Crippen molar-refractivity contribution in [2.75, 3.05) is 0 Å². The number of amides is 1. The van der Waals surface area contributed by atoms with Gasteiger partial charge >= 0.3 is 0 Å². The summed E-state index contributed by atoms with van der Waals surface area (Å²) in [4.78, 5) is 22.1. The van der Waals surface area contributed by atoms with E-state index in [9.17, 15) is 14.9 Å². The molecule has 1 amide bonds. The number of aromatic nitrogens is 2. The van der Waals surface area contributed by atoms with Gasteiger partial charge in [-0.15, -0.1) is 0 Å². The number of nitro benzene ring substituents is 1. The third-order valence-corrected chi connectivity index (χ3v) is 3.33. The Morgan fingerprint density at radius 2 is 2.26 bits per heavy atom. The molecule has 1 aromatic carbocycles. The van der Waals surface area contributed by atoms with Crippen LogP contribution in [-0.2, 0) is 17.9 Å². The van der Waals surface area contributed by atoms with E-state index in [1.807, 2.05) is 24.7 Å². The highest BCUT2D eigenvalue weighted by Gasteiger charge is 2.06. The number of carbonyl (C=O) groups excluding carboxylic acids is 1. The quantitative estimate of drug-likeness (QED) is 0.504. The molecule has 1 N–H and O–H groups in total. The van der Waals surface area contributed by atoms with Gasteiger partial charge in [-0.3, -0.25) is 19.6 Å². The Morgan fingerprint density at radius 1 is 1.48 bits per heavy atom. The van der Waals surface area contributed by atoms with Crippen molar-refractivity contribution in [2.45, 2.75) is 26.9 Å². The van der Waals surface area contributed by atoms with Crippen LogP contribution in [0.5, 0.6) is 0 Å². The minimum absolute atomic E-state index is 0.00448. The maximum absolute atomic E-state index is 11.8. The second kappa shape index (κ2) is 7.35. The van der Waals surface area contributed by atoms with Gasteiger partial charge in [0.15, 0.2) is 0 Å². The molecule has 0 aliphatic carbocycles. The van der Waals surface area contributed by atoms with E-state index in [2.05, 4.69) is 10.4 Å². The van der Waals surface area contributed by atoms with E-state index in [1.54, 1.807) is 18.2 Å². The minimum Gasteiger partial charge on any atom is -0.348 e. The SMILES string of the molecule is CCn1cc(CNC(=O)/C=C/c2cccc([N+](=O)[O-])c2)c(C)n1. The molecule has 120 valence electrons. The zero-order chi connectivity index (χ0) is 16.8. The van der Waals surface area contributed by atoms with Gasteiger partial charge in [0.05, 0.1) is 10.6 Å². The fraction of sp³-hybridized carbons (Fsp3) is 0.250. The van der Waals surface area contributed by atoms with Crippen LogP contribution in [0, 0.1) is 17.0 Å². The highest BCUT2D eigenvalue weighted by atomic mass is 16.6. The summed E-state index contributed by atoms with van der Waals surface area (Å²) in [5, 5.41) is 17.8. The molecule has 7 heteroatoms. The van der Waals surface area contributed by atoms with Crippen LogP contribution in [0.1, 0.15) is 23.7 Å². The van der Waals surface area contributed by atoms with Gasteiger partial charge in [-0.25, -0.2) is 0 Å². The maximum Gasteiger partial charge on any atom is 0.270 e. The number of nitro groups is 1. The van der Waals surface area contributed by atoms with E-state index >= 15 is 0 Å². The lowest BCUT2D eigenvalue weighted by atomic mass is 10.2. The molecule has 0 atom stereocenters. The van der Waals surface area contributed by atoms with Crippen molar-refractivity contribution in [2.24, 2.45) is 0 Å². The summed E-state index contributed by atoms with van der Waals surface area (Å²) >= 11 is 0. The van der Waals surface area contributed by atoms with Gasteiger partial charge in [0.2, 0.25) is 5.91 Å². The monoisotopic (exact) mass is 314 g/mol. The molecular formula is C16H18N4O3. The van der Waals surface area contributed by atoms with Crippen molar-refractivity contribution in [3.8, 4) is 0 Å². The number of rotatable bonds is 6. The first-order chi connectivity index (χ1) is 11.0. The third kappa shape index (κ3) is 4.50. The zero-order valence-corrected chi connectivity index (χ0v) is 13.0. The second-order valence-corrected chi connectivity index (χ2v) is 5.00. The van der Waals surface area contributed by atoms with Crippen LogP contribution in [0.2, 0.25) is 0 Å². The lowest BCUT2D eigenvalue weighted by Gasteiger charge is -2.00. The molecule has 0 saturated heterocycles. The molecule has 2 aromatic rings. The molecule has 0 aliphatic rings. The van der Waals surface area contributed by atoms with Crippen LogP contribution in [0.25, 0.3) is 6.08 Å². The van der Waals surface area contributed by atoms with Crippen LogP contribution in [-0.4, -0.2) is 20.6 Å². The molecule has 7 nitrogen and oxygen atoms in total.